The van der Waals surface area contributed by atoms with Crippen LogP contribution in [0, 0.1) is 0 Å². The molecule has 0 aliphatic carbocycles. The molecule has 0 unspecified atom stereocenters. The Morgan fingerprint density at radius 2 is 2.30 bits per heavy atom. The molecule has 2 rings (SSSR count). The Labute approximate surface area is 115 Å². The largest absolute Gasteiger partial charge is 0.437 e. The van der Waals surface area contributed by atoms with Gasteiger partial charge in [0.15, 0.2) is 0 Å². The molecule has 1 N–H and O–H groups in total. The number of carbonyl (C=O) groups excluding carboxylic acids is 1. The molecule has 1 heterocycles. The molecule has 0 aliphatic rings. The van der Waals surface area contributed by atoms with Crippen LogP contribution in [0.15, 0.2) is 33.5 Å². The molecule has 0 radical (unpaired) electrons. The van der Waals surface area contributed by atoms with Crippen LogP contribution in [-0.4, -0.2) is 22.8 Å². The van der Waals surface area contributed by atoms with Crippen molar-refractivity contribution in [2.45, 2.75) is 20.1 Å². The van der Waals surface area contributed by atoms with Gasteiger partial charge >= 0.3 is 5.76 Å². The van der Waals surface area contributed by atoms with Crippen molar-refractivity contribution in [2.24, 2.45) is 0 Å². The van der Waals surface area contributed by atoms with E-state index in [0.29, 0.717) is 5.69 Å². The van der Waals surface area contributed by atoms with Crippen LogP contribution in [0.3, 0.4) is 0 Å². The summed E-state index contributed by atoms with van der Waals surface area (Å²) in [5.74, 6) is -0.458. The Bertz CT molecular complexity index is 660. The highest BCUT2D eigenvalue weighted by molar-refractivity contribution is 5.88. The number of ether oxygens (including phenoxy) is 1. The number of nitrogens with one attached hydrogen (secondary N) is 1. The molecule has 0 atom stereocenters. The minimum atomic E-state index is -0.540. The first kappa shape index (κ1) is 14.0. The van der Waals surface area contributed by atoms with E-state index in [-0.39, 0.29) is 24.9 Å². The van der Waals surface area contributed by atoms with Crippen LogP contribution in [0.5, 0.6) is 0 Å². The second-order valence-corrected chi connectivity index (χ2v) is 4.23. The van der Waals surface area contributed by atoms with E-state index in [0.717, 1.165) is 5.56 Å². The summed E-state index contributed by atoms with van der Waals surface area (Å²) in [5, 5.41) is 6.69. The molecule has 0 bridgehead atoms. The summed E-state index contributed by atoms with van der Waals surface area (Å²) in [4.78, 5) is 22.6. The van der Waals surface area contributed by atoms with Crippen molar-refractivity contribution in [1.82, 2.24) is 9.78 Å². The highest BCUT2D eigenvalue weighted by Gasteiger charge is 2.08. The van der Waals surface area contributed by atoms with E-state index in [1.807, 2.05) is 6.07 Å². The third-order valence-electron chi connectivity index (χ3n) is 2.50. The zero-order valence-electron chi connectivity index (χ0n) is 11.3. The summed E-state index contributed by atoms with van der Waals surface area (Å²) in [6, 6.07) is 7.18. The zero-order valence-corrected chi connectivity index (χ0v) is 11.3. The van der Waals surface area contributed by atoms with E-state index in [4.69, 9.17) is 9.15 Å². The van der Waals surface area contributed by atoms with Crippen LogP contribution >= 0.6 is 0 Å². The molecular formula is C13H15N3O4. The van der Waals surface area contributed by atoms with Crippen molar-refractivity contribution in [3.8, 4) is 0 Å². The van der Waals surface area contributed by atoms with E-state index in [2.05, 4.69) is 10.4 Å². The van der Waals surface area contributed by atoms with Crippen LogP contribution in [0.25, 0.3) is 0 Å². The average molecular weight is 277 g/mol. The van der Waals surface area contributed by atoms with Gasteiger partial charge in [0.1, 0.15) is 6.61 Å². The third-order valence-corrected chi connectivity index (χ3v) is 2.50. The molecule has 7 nitrogen and oxygen atoms in total. The molecule has 106 valence electrons. The molecule has 20 heavy (non-hydrogen) atoms. The lowest BCUT2D eigenvalue weighted by Gasteiger charge is -2.04. The lowest BCUT2D eigenvalue weighted by atomic mass is 10.2. The fourth-order valence-electron chi connectivity index (χ4n) is 1.75. The Morgan fingerprint density at radius 3 is 3.00 bits per heavy atom. The number of anilines is 1. The number of hydrogen-bond acceptors (Lipinski definition) is 5. The van der Waals surface area contributed by atoms with Crippen LogP contribution in [0.4, 0.5) is 5.69 Å². The summed E-state index contributed by atoms with van der Waals surface area (Å²) in [5.41, 5.74) is 1.50. The highest BCUT2D eigenvalue weighted by atomic mass is 16.5. The second kappa shape index (κ2) is 6.16. The van der Waals surface area contributed by atoms with E-state index in [1.165, 1.54) is 18.7 Å². The van der Waals surface area contributed by atoms with Crippen molar-refractivity contribution in [3.05, 3.63) is 46.3 Å². The number of rotatable bonds is 5. The summed E-state index contributed by atoms with van der Waals surface area (Å²) in [6.07, 6.45) is 0. The Kier molecular flexibility index (Phi) is 4.31. The monoisotopic (exact) mass is 277 g/mol. The molecule has 1 amide bonds. The maximum Gasteiger partial charge on any atom is 0.437 e. The smallest absolute Gasteiger partial charge is 0.390 e. The van der Waals surface area contributed by atoms with Gasteiger partial charge in [-0.3, -0.25) is 4.79 Å². The number of aromatic nitrogens is 2. The summed E-state index contributed by atoms with van der Waals surface area (Å²) >= 11 is 0. The molecular weight excluding hydrogens is 262 g/mol. The summed E-state index contributed by atoms with van der Waals surface area (Å²) < 4.78 is 11.0. The van der Waals surface area contributed by atoms with E-state index < -0.39 is 5.76 Å². The van der Waals surface area contributed by atoms with Crippen molar-refractivity contribution in [1.29, 1.82) is 0 Å². The molecule has 0 aliphatic heterocycles. The van der Waals surface area contributed by atoms with Crippen molar-refractivity contribution >= 4 is 11.6 Å². The second-order valence-electron chi connectivity index (χ2n) is 4.23. The number of carbonyl (C=O) groups is 1. The van der Waals surface area contributed by atoms with Crippen molar-refractivity contribution in [2.75, 3.05) is 12.4 Å². The van der Waals surface area contributed by atoms with Gasteiger partial charge in [0.2, 0.25) is 11.8 Å². The minimum absolute atomic E-state index is 0.147. The predicted molar refractivity (Wildman–Crippen MR) is 71.3 cm³/mol. The maximum atomic E-state index is 11.6. The molecule has 0 fully saturated rings. The van der Waals surface area contributed by atoms with E-state index in [1.54, 1.807) is 18.2 Å². The molecule has 1 aromatic carbocycles. The van der Waals surface area contributed by atoms with E-state index in [9.17, 15) is 9.59 Å². The summed E-state index contributed by atoms with van der Waals surface area (Å²) in [7, 11) is 1.50. The van der Waals surface area contributed by atoms with Gasteiger partial charge in [0.05, 0.1) is 6.54 Å². The topological polar surface area (TPSA) is 86.4 Å². The number of nitrogens with zero attached hydrogens (tertiary/aromatic N) is 2. The number of benzene rings is 1. The van der Waals surface area contributed by atoms with Gasteiger partial charge in [-0.25, -0.2) is 4.79 Å². The Morgan fingerprint density at radius 1 is 1.50 bits per heavy atom. The van der Waals surface area contributed by atoms with E-state index >= 15 is 0 Å². The molecule has 0 saturated heterocycles. The Hall–Kier alpha value is -2.41. The SMILES string of the molecule is COCc1nn(Cc2cccc(NC(C)=O)c2)c(=O)o1. The Balaban J connectivity index is 2.17. The van der Waals surface area contributed by atoms with Gasteiger partial charge in [-0.15, -0.1) is 5.10 Å². The number of methoxy groups -OCH3 is 1. The first-order valence-corrected chi connectivity index (χ1v) is 6.01. The zero-order chi connectivity index (χ0) is 14.5. The van der Waals surface area contributed by atoms with Crippen LogP contribution in [0.1, 0.15) is 18.4 Å². The third kappa shape index (κ3) is 3.55. The fourth-order valence-corrected chi connectivity index (χ4v) is 1.75. The quantitative estimate of drug-likeness (QED) is 0.880. The fraction of sp³-hybridized carbons (Fsp3) is 0.308. The average Bonchev–Trinajstić information content (AvgIpc) is 2.70. The molecule has 1 aromatic heterocycles. The lowest BCUT2D eigenvalue weighted by molar-refractivity contribution is -0.114. The predicted octanol–water partition coefficient (Wildman–Crippen LogP) is 0.989. The van der Waals surface area contributed by atoms with Crippen molar-refractivity contribution in [3.63, 3.8) is 0 Å². The number of amides is 1. The molecule has 2 aromatic rings. The number of hydrogen-bond donors (Lipinski definition) is 1. The van der Waals surface area contributed by atoms with Crippen LogP contribution in [0.2, 0.25) is 0 Å². The minimum Gasteiger partial charge on any atom is -0.390 e. The first-order chi connectivity index (χ1) is 9.58. The maximum absolute atomic E-state index is 11.6. The van der Waals surface area contributed by atoms with Crippen LogP contribution in [-0.2, 0) is 22.7 Å². The highest BCUT2D eigenvalue weighted by Crippen LogP contribution is 2.11. The van der Waals surface area contributed by atoms with Gasteiger partial charge in [-0.2, -0.15) is 4.68 Å². The van der Waals surface area contributed by atoms with Crippen LogP contribution < -0.4 is 11.1 Å². The normalized spacial score (nSPS) is 10.5. The lowest BCUT2D eigenvalue weighted by Crippen LogP contribution is -2.16. The van der Waals surface area contributed by atoms with Gasteiger partial charge in [0.25, 0.3) is 0 Å². The first-order valence-electron chi connectivity index (χ1n) is 6.01. The molecule has 0 saturated carbocycles. The molecule has 0 spiro atoms. The van der Waals surface area contributed by atoms with Crippen molar-refractivity contribution < 1.29 is 13.9 Å². The van der Waals surface area contributed by atoms with Gasteiger partial charge < -0.3 is 14.5 Å². The van der Waals surface area contributed by atoms with Gasteiger partial charge in [0, 0.05) is 19.7 Å². The van der Waals surface area contributed by atoms with Gasteiger partial charge in [-0.05, 0) is 17.7 Å². The summed E-state index contributed by atoms with van der Waals surface area (Å²) in [6.45, 7) is 1.85. The standard InChI is InChI=1S/C13H15N3O4/c1-9(17)14-11-5-3-4-10(6-11)7-16-13(18)20-12(15-16)8-19-2/h3-6H,7-8H2,1-2H3,(H,14,17). The molecule has 7 heteroatoms. The van der Waals surface area contributed by atoms with Gasteiger partial charge in [-0.1, -0.05) is 12.1 Å².